The van der Waals surface area contributed by atoms with Crippen molar-refractivity contribution in [1.29, 1.82) is 0 Å². The van der Waals surface area contributed by atoms with E-state index in [9.17, 15) is 4.79 Å². The lowest BCUT2D eigenvalue weighted by atomic mass is 10.1. The van der Waals surface area contributed by atoms with E-state index >= 15 is 0 Å². The number of benzene rings is 3. The number of carbonyl (C=O) groups excluding carboxylic acids is 1. The molecule has 3 aromatic carbocycles. The smallest absolute Gasteiger partial charge is 0.257 e. The van der Waals surface area contributed by atoms with Gasteiger partial charge >= 0.3 is 0 Å². The Morgan fingerprint density at radius 3 is 2.52 bits per heavy atom. The molecule has 0 unspecified atom stereocenters. The molecule has 0 aromatic heterocycles. The van der Waals surface area contributed by atoms with E-state index in [1.807, 2.05) is 83.8 Å². The molecule has 0 saturated heterocycles. The van der Waals surface area contributed by atoms with Gasteiger partial charge in [0.05, 0.1) is 5.56 Å². The van der Waals surface area contributed by atoms with Crippen LogP contribution in [-0.2, 0) is 13.2 Å². The lowest BCUT2D eigenvalue weighted by molar-refractivity contribution is 0.0745. The van der Waals surface area contributed by atoms with Crippen LogP contribution >= 0.6 is 0 Å². The number of hydrogen-bond donors (Lipinski definition) is 1. The first-order valence-electron chi connectivity index (χ1n) is 9.18. The summed E-state index contributed by atoms with van der Waals surface area (Å²) in [5.74, 6) is 0.611. The summed E-state index contributed by atoms with van der Waals surface area (Å²) in [7, 11) is 0. The third-order valence-corrected chi connectivity index (χ3v) is 4.72. The Kier molecular flexibility index (Phi) is 5.06. The fraction of sp³-hybridized carbons (Fsp3) is 0.174. The van der Waals surface area contributed by atoms with Gasteiger partial charge in [0.2, 0.25) is 0 Å². The highest BCUT2D eigenvalue weighted by Crippen LogP contribution is 2.25. The molecule has 3 aromatic rings. The van der Waals surface area contributed by atoms with Gasteiger partial charge in [-0.2, -0.15) is 0 Å². The minimum Gasteiger partial charge on any atom is -0.488 e. The van der Waals surface area contributed by atoms with Crippen molar-refractivity contribution in [2.75, 3.05) is 18.4 Å². The number of carbonyl (C=O) groups is 1. The molecule has 136 valence electrons. The van der Waals surface area contributed by atoms with Gasteiger partial charge in [0.25, 0.3) is 5.91 Å². The second kappa shape index (κ2) is 7.96. The zero-order valence-corrected chi connectivity index (χ0v) is 15.1. The first kappa shape index (κ1) is 17.2. The van der Waals surface area contributed by atoms with Crippen molar-refractivity contribution in [3.63, 3.8) is 0 Å². The highest BCUT2D eigenvalue weighted by molar-refractivity contribution is 5.97. The molecule has 0 atom stereocenters. The SMILES string of the molecule is O=C1c2ccccc2OCc2ccccc2NCCN1Cc1ccccc1. The Morgan fingerprint density at radius 1 is 0.889 bits per heavy atom. The molecular formula is C23H22N2O2. The topological polar surface area (TPSA) is 41.6 Å². The number of rotatable bonds is 2. The van der Waals surface area contributed by atoms with E-state index in [-0.39, 0.29) is 5.91 Å². The standard InChI is InChI=1S/C23H22N2O2/c26-23-20-11-5-7-13-22(20)27-17-19-10-4-6-12-21(19)24-14-15-25(23)16-18-8-2-1-3-9-18/h1-13,24H,14-17H2. The average Bonchev–Trinajstić information content (AvgIpc) is 2.74. The van der Waals surface area contributed by atoms with Gasteiger partial charge in [-0.15, -0.1) is 0 Å². The van der Waals surface area contributed by atoms with Gasteiger partial charge in [-0.3, -0.25) is 4.79 Å². The maximum Gasteiger partial charge on any atom is 0.257 e. The monoisotopic (exact) mass is 358 g/mol. The number of nitrogens with one attached hydrogen (secondary N) is 1. The molecule has 0 radical (unpaired) electrons. The summed E-state index contributed by atoms with van der Waals surface area (Å²) in [6.45, 7) is 2.28. The van der Waals surface area contributed by atoms with E-state index < -0.39 is 0 Å². The van der Waals surface area contributed by atoms with Gasteiger partial charge in [0.1, 0.15) is 12.4 Å². The number of amides is 1. The molecule has 1 aliphatic rings. The minimum absolute atomic E-state index is 0.0118. The molecule has 27 heavy (non-hydrogen) atoms. The summed E-state index contributed by atoms with van der Waals surface area (Å²) >= 11 is 0. The zero-order chi connectivity index (χ0) is 18.5. The molecule has 1 N–H and O–H groups in total. The number of fused-ring (bicyclic) bond motifs is 2. The molecule has 0 fully saturated rings. The summed E-state index contributed by atoms with van der Waals surface area (Å²) < 4.78 is 6.03. The molecule has 0 spiro atoms. The van der Waals surface area contributed by atoms with Crippen LogP contribution in [0.15, 0.2) is 78.9 Å². The maximum absolute atomic E-state index is 13.3. The fourth-order valence-electron chi connectivity index (χ4n) is 3.30. The number of hydrogen-bond acceptors (Lipinski definition) is 3. The molecule has 4 rings (SSSR count). The number of ether oxygens (including phenoxy) is 1. The molecule has 1 heterocycles. The molecule has 0 bridgehead atoms. The number of nitrogens with zero attached hydrogens (tertiary/aromatic N) is 1. The van der Waals surface area contributed by atoms with Crippen LogP contribution in [0.1, 0.15) is 21.5 Å². The summed E-state index contributed by atoms with van der Waals surface area (Å²) in [6, 6.07) is 25.7. The van der Waals surface area contributed by atoms with Crippen molar-refractivity contribution in [3.8, 4) is 5.75 Å². The zero-order valence-electron chi connectivity index (χ0n) is 15.1. The molecular weight excluding hydrogens is 336 g/mol. The van der Waals surface area contributed by atoms with Gasteiger partial charge in [-0.1, -0.05) is 60.7 Å². The Hall–Kier alpha value is -3.27. The Bertz CT molecular complexity index is 924. The minimum atomic E-state index is -0.0118. The van der Waals surface area contributed by atoms with Gasteiger partial charge in [-0.25, -0.2) is 0 Å². The van der Waals surface area contributed by atoms with Crippen LogP contribution < -0.4 is 10.1 Å². The number of anilines is 1. The number of para-hydroxylation sites is 2. The summed E-state index contributed by atoms with van der Waals surface area (Å²) in [5, 5.41) is 3.45. The molecule has 1 amide bonds. The van der Waals surface area contributed by atoms with Crippen LogP contribution in [0.25, 0.3) is 0 Å². The average molecular weight is 358 g/mol. The normalized spacial score (nSPS) is 14.2. The molecule has 4 nitrogen and oxygen atoms in total. The highest BCUT2D eigenvalue weighted by atomic mass is 16.5. The lowest BCUT2D eigenvalue weighted by Crippen LogP contribution is -2.34. The van der Waals surface area contributed by atoms with Crippen LogP contribution in [0.5, 0.6) is 5.75 Å². The van der Waals surface area contributed by atoms with Crippen molar-refractivity contribution in [1.82, 2.24) is 4.90 Å². The van der Waals surface area contributed by atoms with Crippen LogP contribution in [0.4, 0.5) is 5.69 Å². The van der Waals surface area contributed by atoms with E-state index in [2.05, 4.69) is 5.32 Å². The van der Waals surface area contributed by atoms with Crippen LogP contribution in [0.3, 0.4) is 0 Å². The largest absolute Gasteiger partial charge is 0.488 e. The first-order valence-corrected chi connectivity index (χ1v) is 9.18. The van der Waals surface area contributed by atoms with E-state index in [1.165, 1.54) is 0 Å². The van der Waals surface area contributed by atoms with Crippen molar-refractivity contribution in [2.45, 2.75) is 13.2 Å². The van der Waals surface area contributed by atoms with Gasteiger partial charge in [-0.05, 0) is 23.8 Å². The third kappa shape index (κ3) is 3.95. The van der Waals surface area contributed by atoms with Crippen molar-refractivity contribution in [2.24, 2.45) is 0 Å². The summed E-state index contributed by atoms with van der Waals surface area (Å²) in [5.41, 5.74) is 3.84. The van der Waals surface area contributed by atoms with E-state index in [1.54, 1.807) is 0 Å². The lowest BCUT2D eigenvalue weighted by Gasteiger charge is -2.24. The van der Waals surface area contributed by atoms with E-state index in [4.69, 9.17) is 4.74 Å². The Morgan fingerprint density at radius 2 is 1.63 bits per heavy atom. The second-order valence-corrected chi connectivity index (χ2v) is 6.58. The van der Waals surface area contributed by atoms with Crippen molar-refractivity contribution >= 4 is 11.6 Å². The highest BCUT2D eigenvalue weighted by Gasteiger charge is 2.21. The second-order valence-electron chi connectivity index (χ2n) is 6.58. The predicted molar refractivity (Wildman–Crippen MR) is 107 cm³/mol. The van der Waals surface area contributed by atoms with Crippen molar-refractivity contribution < 1.29 is 9.53 Å². The summed E-state index contributed by atoms with van der Waals surface area (Å²) in [6.07, 6.45) is 0. The Labute approximate surface area is 159 Å². The third-order valence-electron chi connectivity index (χ3n) is 4.72. The van der Waals surface area contributed by atoms with Crippen molar-refractivity contribution in [3.05, 3.63) is 95.6 Å². The van der Waals surface area contributed by atoms with Crippen LogP contribution in [-0.4, -0.2) is 23.9 Å². The molecule has 1 aliphatic heterocycles. The van der Waals surface area contributed by atoms with E-state index in [0.717, 1.165) is 16.8 Å². The first-order chi connectivity index (χ1) is 13.3. The van der Waals surface area contributed by atoms with Gasteiger partial charge < -0.3 is 15.0 Å². The van der Waals surface area contributed by atoms with Gasteiger partial charge in [0, 0.05) is 30.9 Å². The molecule has 4 heteroatoms. The predicted octanol–water partition coefficient (Wildman–Crippen LogP) is 4.33. The quantitative estimate of drug-likeness (QED) is 0.741. The van der Waals surface area contributed by atoms with Gasteiger partial charge in [0.15, 0.2) is 0 Å². The fourth-order valence-corrected chi connectivity index (χ4v) is 3.30. The summed E-state index contributed by atoms with van der Waals surface area (Å²) in [4.78, 5) is 15.1. The molecule has 0 saturated carbocycles. The maximum atomic E-state index is 13.3. The van der Waals surface area contributed by atoms with E-state index in [0.29, 0.717) is 37.6 Å². The molecule has 0 aliphatic carbocycles. The van der Waals surface area contributed by atoms with Crippen LogP contribution in [0, 0.1) is 0 Å². The Balaban J connectivity index is 1.68. The van der Waals surface area contributed by atoms with Crippen LogP contribution in [0.2, 0.25) is 0 Å².